The topological polar surface area (TPSA) is 118 Å². The first-order valence-electron chi connectivity index (χ1n) is 4.88. The minimum Gasteiger partial charge on any atom is -0.364 e. The number of aromatic nitrogens is 2. The minimum absolute atomic E-state index is 0.104. The fourth-order valence-corrected chi connectivity index (χ4v) is 1.28. The van der Waals surface area contributed by atoms with E-state index in [4.69, 9.17) is 5.26 Å². The van der Waals surface area contributed by atoms with Crippen LogP contribution in [0.25, 0.3) is 0 Å². The molecule has 0 aliphatic rings. The van der Waals surface area contributed by atoms with E-state index in [1.54, 1.807) is 6.07 Å². The zero-order valence-electron chi connectivity index (χ0n) is 9.03. The summed E-state index contributed by atoms with van der Waals surface area (Å²) >= 11 is 0. The van der Waals surface area contributed by atoms with Crippen LogP contribution in [-0.2, 0) is 6.54 Å². The van der Waals surface area contributed by atoms with Gasteiger partial charge in [0.05, 0.1) is 11.5 Å². The Labute approximate surface area is 101 Å². The third kappa shape index (κ3) is 2.41. The maximum absolute atomic E-state index is 10.5. The zero-order chi connectivity index (χ0) is 13.0. The van der Waals surface area contributed by atoms with Crippen molar-refractivity contribution in [3.63, 3.8) is 0 Å². The molecule has 0 atom stereocenters. The van der Waals surface area contributed by atoms with Gasteiger partial charge >= 0.3 is 0 Å². The van der Waals surface area contributed by atoms with Crippen LogP contribution >= 0.6 is 0 Å². The molecular formula is C10H7N5O3. The van der Waals surface area contributed by atoms with Gasteiger partial charge in [-0.25, -0.2) is 4.98 Å². The summed E-state index contributed by atoms with van der Waals surface area (Å²) in [6.45, 7) is 0.315. The molecule has 0 spiro atoms. The lowest BCUT2D eigenvalue weighted by Gasteiger charge is -2.04. The summed E-state index contributed by atoms with van der Waals surface area (Å²) in [5.41, 5.74) is 0.519. The number of hydrogen-bond acceptors (Lipinski definition) is 7. The Morgan fingerprint density at radius 2 is 2.44 bits per heavy atom. The number of nitrogens with zero attached hydrogens (tertiary/aromatic N) is 4. The fraction of sp³-hybridized carbons (Fsp3) is 0.100. The van der Waals surface area contributed by atoms with Gasteiger partial charge in [0.2, 0.25) is 0 Å². The number of nitro groups is 1. The molecule has 8 nitrogen and oxygen atoms in total. The Kier molecular flexibility index (Phi) is 3.15. The predicted molar refractivity (Wildman–Crippen MR) is 59.4 cm³/mol. The lowest BCUT2D eigenvalue weighted by Crippen LogP contribution is -2.04. The first-order chi connectivity index (χ1) is 8.70. The molecule has 0 unspecified atom stereocenters. The SMILES string of the molecule is N#Cc1cc([N+](=O)[O-])cnc1NCc1ccon1. The first kappa shape index (κ1) is 11.5. The third-order valence-corrected chi connectivity index (χ3v) is 2.13. The number of nitrogens with one attached hydrogen (secondary N) is 1. The van der Waals surface area contributed by atoms with Gasteiger partial charge in [-0.05, 0) is 0 Å². The van der Waals surface area contributed by atoms with Gasteiger partial charge in [0, 0.05) is 12.1 Å². The van der Waals surface area contributed by atoms with Crippen molar-refractivity contribution in [1.82, 2.24) is 10.1 Å². The largest absolute Gasteiger partial charge is 0.364 e. The Balaban J connectivity index is 2.18. The summed E-state index contributed by atoms with van der Waals surface area (Å²) in [6.07, 6.45) is 2.51. The van der Waals surface area contributed by atoms with Crippen molar-refractivity contribution in [3.8, 4) is 6.07 Å². The molecule has 90 valence electrons. The molecule has 0 fully saturated rings. The van der Waals surface area contributed by atoms with E-state index in [-0.39, 0.29) is 17.1 Å². The van der Waals surface area contributed by atoms with Crippen LogP contribution in [0.3, 0.4) is 0 Å². The monoisotopic (exact) mass is 245 g/mol. The highest BCUT2D eigenvalue weighted by molar-refractivity contribution is 5.55. The van der Waals surface area contributed by atoms with Crippen LogP contribution in [0.4, 0.5) is 11.5 Å². The normalized spacial score (nSPS) is 9.72. The van der Waals surface area contributed by atoms with Crippen molar-refractivity contribution in [1.29, 1.82) is 5.26 Å². The molecule has 2 aromatic rings. The van der Waals surface area contributed by atoms with Gasteiger partial charge in [-0.3, -0.25) is 10.1 Å². The summed E-state index contributed by atoms with van der Waals surface area (Å²) in [4.78, 5) is 13.8. The van der Waals surface area contributed by atoms with E-state index in [1.165, 1.54) is 6.26 Å². The highest BCUT2D eigenvalue weighted by Crippen LogP contribution is 2.18. The van der Waals surface area contributed by atoms with Gasteiger partial charge in [0.25, 0.3) is 5.69 Å². The third-order valence-electron chi connectivity index (χ3n) is 2.13. The molecule has 2 rings (SSSR count). The lowest BCUT2D eigenvalue weighted by atomic mass is 10.2. The van der Waals surface area contributed by atoms with Crippen LogP contribution in [0, 0.1) is 21.4 Å². The Bertz CT molecular complexity index is 602. The van der Waals surface area contributed by atoms with Crippen LogP contribution in [-0.4, -0.2) is 15.1 Å². The number of hydrogen-bond donors (Lipinski definition) is 1. The minimum atomic E-state index is -0.602. The number of nitriles is 1. The van der Waals surface area contributed by atoms with Gasteiger partial charge in [-0.2, -0.15) is 5.26 Å². The molecule has 0 bridgehead atoms. The van der Waals surface area contributed by atoms with Crippen molar-refractivity contribution in [3.05, 3.63) is 46.0 Å². The van der Waals surface area contributed by atoms with E-state index in [0.717, 1.165) is 12.3 Å². The maximum Gasteiger partial charge on any atom is 0.289 e. The fourth-order valence-electron chi connectivity index (χ4n) is 1.28. The highest BCUT2D eigenvalue weighted by atomic mass is 16.6. The van der Waals surface area contributed by atoms with Crippen LogP contribution in [0.2, 0.25) is 0 Å². The predicted octanol–water partition coefficient (Wildman–Crippen LogP) is 1.46. The smallest absolute Gasteiger partial charge is 0.289 e. The van der Waals surface area contributed by atoms with Crippen LogP contribution in [0.1, 0.15) is 11.3 Å². The molecule has 0 saturated carbocycles. The molecule has 0 saturated heterocycles. The quantitative estimate of drug-likeness (QED) is 0.639. The summed E-state index contributed by atoms with van der Waals surface area (Å²) < 4.78 is 4.65. The number of anilines is 1. The molecule has 0 amide bonds. The molecule has 8 heteroatoms. The van der Waals surface area contributed by atoms with Crippen LogP contribution < -0.4 is 5.32 Å². The second-order valence-electron chi connectivity index (χ2n) is 3.30. The Hall–Kier alpha value is -2.95. The van der Waals surface area contributed by atoms with Gasteiger partial charge in [0.15, 0.2) is 0 Å². The van der Waals surface area contributed by atoms with Gasteiger partial charge in [-0.15, -0.1) is 0 Å². The molecule has 1 N–H and O–H groups in total. The zero-order valence-corrected chi connectivity index (χ0v) is 9.03. The van der Waals surface area contributed by atoms with E-state index in [2.05, 4.69) is 20.0 Å². The highest BCUT2D eigenvalue weighted by Gasteiger charge is 2.12. The van der Waals surface area contributed by atoms with Crippen molar-refractivity contribution >= 4 is 11.5 Å². The van der Waals surface area contributed by atoms with Gasteiger partial charge < -0.3 is 9.84 Å². The number of rotatable bonds is 4. The van der Waals surface area contributed by atoms with E-state index < -0.39 is 4.92 Å². The second kappa shape index (κ2) is 4.92. The van der Waals surface area contributed by atoms with E-state index in [9.17, 15) is 10.1 Å². The van der Waals surface area contributed by atoms with Gasteiger partial charge in [0.1, 0.15) is 35.6 Å². The van der Waals surface area contributed by atoms with Crippen molar-refractivity contribution < 1.29 is 9.45 Å². The van der Waals surface area contributed by atoms with Crippen LogP contribution in [0.15, 0.2) is 29.1 Å². The average Bonchev–Trinajstić information content (AvgIpc) is 2.89. The second-order valence-corrected chi connectivity index (χ2v) is 3.30. The summed E-state index contributed by atoms with van der Waals surface area (Å²) in [5, 5.41) is 26.0. The molecule has 2 heterocycles. The molecule has 0 aliphatic heterocycles. The summed E-state index contributed by atoms with van der Waals surface area (Å²) in [6, 6.07) is 4.67. The van der Waals surface area contributed by atoms with E-state index in [1.807, 2.05) is 6.07 Å². The molecule has 0 aromatic carbocycles. The number of pyridine rings is 1. The first-order valence-corrected chi connectivity index (χ1v) is 4.88. The van der Waals surface area contributed by atoms with Gasteiger partial charge in [-0.1, -0.05) is 5.16 Å². The average molecular weight is 245 g/mol. The van der Waals surface area contributed by atoms with Crippen molar-refractivity contribution in [2.45, 2.75) is 6.54 Å². The molecule has 18 heavy (non-hydrogen) atoms. The Morgan fingerprint density at radius 3 is 3.06 bits per heavy atom. The Morgan fingerprint density at radius 1 is 1.61 bits per heavy atom. The maximum atomic E-state index is 10.5. The molecule has 2 aromatic heterocycles. The van der Waals surface area contributed by atoms with Crippen LogP contribution in [0.5, 0.6) is 0 Å². The van der Waals surface area contributed by atoms with Crippen molar-refractivity contribution in [2.24, 2.45) is 0 Å². The summed E-state index contributed by atoms with van der Waals surface area (Å²) in [5.74, 6) is 0.270. The molecule has 0 aliphatic carbocycles. The van der Waals surface area contributed by atoms with E-state index in [0.29, 0.717) is 12.2 Å². The summed E-state index contributed by atoms with van der Waals surface area (Å²) in [7, 11) is 0. The lowest BCUT2D eigenvalue weighted by molar-refractivity contribution is -0.385. The standard InChI is InChI=1S/C10H7N5O3/c11-4-7-3-9(15(16)17)6-13-10(7)12-5-8-1-2-18-14-8/h1-3,6H,5H2,(H,12,13). The molecule has 0 radical (unpaired) electrons. The van der Waals surface area contributed by atoms with E-state index >= 15 is 0 Å². The molecular weight excluding hydrogens is 238 g/mol. The van der Waals surface area contributed by atoms with Crippen molar-refractivity contribution in [2.75, 3.05) is 5.32 Å².